The lowest BCUT2D eigenvalue weighted by molar-refractivity contribution is -0.140. The van der Waals surface area contributed by atoms with Crippen LogP contribution in [0.2, 0.25) is 0 Å². The second-order valence-corrected chi connectivity index (χ2v) is 4.97. The van der Waals surface area contributed by atoms with Crippen molar-refractivity contribution in [2.45, 2.75) is 19.6 Å². The molecule has 0 spiro atoms. The van der Waals surface area contributed by atoms with E-state index in [0.717, 1.165) is 5.56 Å². The lowest BCUT2D eigenvalue weighted by Crippen LogP contribution is -2.16. The summed E-state index contributed by atoms with van der Waals surface area (Å²) in [7, 11) is 0. The van der Waals surface area contributed by atoms with Gasteiger partial charge in [0.05, 0.1) is 5.52 Å². The Morgan fingerprint density at radius 2 is 2.05 bits per heavy atom. The first kappa shape index (κ1) is 14.1. The van der Waals surface area contributed by atoms with Gasteiger partial charge in [-0.3, -0.25) is 0 Å². The van der Waals surface area contributed by atoms with Crippen LogP contribution in [0.3, 0.4) is 0 Å². The summed E-state index contributed by atoms with van der Waals surface area (Å²) in [5.41, 5.74) is 2.34. The summed E-state index contributed by atoms with van der Waals surface area (Å²) < 4.78 is 7.13. The van der Waals surface area contributed by atoms with Gasteiger partial charge in [-0.15, -0.1) is 5.10 Å². The van der Waals surface area contributed by atoms with Gasteiger partial charge in [0.25, 0.3) is 0 Å². The Bertz CT molecular complexity index is 799. The highest BCUT2D eigenvalue weighted by molar-refractivity contribution is 5.79. The van der Waals surface area contributed by atoms with Crippen LogP contribution in [0.25, 0.3) is 11.0 Å². The first-order chi connectivity index (χ1) is 10.6. The molecule has 3 rings (SSSR count). The molecule has 22 heavy (non-hydrogen) atoms. The molecule has 6 nitrogen and oxygen atoms in total. The molecule has 0 radical (unpaired) electrons. The van der Waals surface area contributed by atoms with Crippen LogP contribution < -0.4 is 4.74 Å². The lowest BCUT2D eigenvalue weighted by Gasteiger charge is -2.09. The van der Waals surface area contributed by atoms with Crippen LogP contribution in [0, 0.1) is 0 Å². The minimum atomic E-state index is -0.956. The molecule has 2 aromatic carbocycles. The zero-order chi connectivity index (χ0) is 15.5. The lowest BCUT2D eigenvalue weighted by atomic mass is 10.2. The molecule has 1 aromatic heterocycles. The van der Waals surface area contributed by atoms with Crippen molar-refractivity contribution in [3.05, 3.63) is 54.1 Å². The number of fused-ring (bicyclic) bond motifs is 1. The Labute approximate surface area is 126 Å². The summed E-state index contributed by atoms with van der Waals surface area (Å²) >= 11 is 0. The molecule has 1 atom stereocenters. The standard InChI is InChI=1S/C16H15N3O3/c1-11(16(20)21)19-15-9-13(7-8-14(15)17-18-19)22-10-12-5-3-2-4-6-12/h2-9,11H,10H2,1H3,(H,20,21). The van der Waals surface area contributed by atoms with Crippen molar-refractivity contribution in [1.29, 1.82) is 0 Å². The number of hydrogen-bond donors (Lipinski definition) is 1. The van der Waals surface area contributed by atoms with Crippen LogP contribution in [0.15, 0.2) is 48.5 Å². The van der Waals surface area contributed by atoms with Crippen LogP contribution in [0.4, 0.5) is 0 Å². The normalized spacial score (nSPS) is 12.2. The van der Waals surface area contributed by atoms with E-state index in [4.69, 9.17) is 9.84 Å². The molecule has 0 amide bonds. The molecule has 0 saturated heterocycles. The van der Waals surface area contributed by atoms with Gasteiger partial charge in [0.1, 0.15) is 23.9 Å². The first-order valence-electron chi connectivity index (χ1n) is 6.89. The number of carbonyl (C=O) groups is 1. The van der Waals surface area contributed by atoms with Gasteiger partial charge in [0.15, 0.2) is 0 Å². The molecule has 3 aromatic rings. The second-order valence-electron chi connectivity index (χ2n) is 4.97. The molecule has 112 valence electrons. The van der Waals surface area contributed by atoms with Gasteiger partial charge in [-0.05, 0) is 24.6 Å². The number of nitrogens with zero attached hydrogens (tertiary/aromatic N) is 3. The number of aliphatic carboxylic acids is 1. The van der Waals surface area contributed by atoms with E-state index in [0.29, 0.717) is 23.4 Å². The van der Waals surface area contributed by atoms with E-state index in [1.54, 1.807) is 25.1 Å². The highest BCUT2D eigenvalue weighted by Crippen LogP contribution is 2.22. The number of ether oxygens (including phenoxy) is 1. The smallest absolute Gasteiger partial charge is 0.328 e. The first-order valence-corrected chi connectivity index (χ1v) is 6.89. The Kier molecular flexibility index (Phi) is 3.74. The second kappa shape index (κ2) is 5.85. The maximum absolute atomic E-state index is 11.1. The van der Waals surface area contributed by atoms with E-state index in [1.165, 1.54) is 4.68 Å². The van der Waals surface area contributed by atoms with Gasteiger partial charge in [-0.2, -0.15) is 0 Å². The summed E-state index contributed by atoms with van der Waals surface area (Å²) in [6, 6.07) is 14.4. The number of aromatic nitrogens is 3. The molecular weight excluding hydrogens is 282 g/mol. The SMILES string of the molecule is CC(C(=O)O)n1nnc2ccc(OCc3ccccc3)cc21. The molecule has 0 aliphatic rings. The fourth-order valence-corrected chi connectivity index (χ4v) is 2.14. The zero-order valence-electron chi connectivity index (χ0n) is 12.0. The molecule has 0 fully saturated rings. The topological polar surface area (TPSA) is 77.2 Å². The van der Waals surface area contributed by atoms with Gasteiger partial charge in [-0.25, -0.2) is 9.48 Å². The minimum Gasteiger partial charge on any atom is -0.489 e. The van der Waals surface area contributed by atoms with Crippen molar-refractivity contribution in [3.63, 3.8) is 0 Å². The average molecular weight is 297 g/mol. The third-order valence-electron chi connectivity index (χ3n) is 3.42. The van der Waals surface area contributed by atoms with E-state index in [1.807, 2.05) is 30.3 Å². The van der Waals surface area contributed by atoms with E-state index < -0.39 is 12.0 Å². The fraction of sp³-hybridized carbons (Fsp3) is 0.188. The summed E-state index contributed by atoms with van der Waals surface area (Å²) in [6.45, 7) is 2.01. The molecule has 0 saturated carbocycles. The van der Waals surface area contributed by atoms with E-state index in [9.17, 15) is 4.79 Å². The monoisotopic (exact) mass is 297 g/mol. The maximum Gasteiger partial charge on any atom is 0.328 e. The minimum absolute atomic E-state index is 0.447. The van der Waals surface area contributed by atoms with Crippen LogP contribution in [0.5, 0.6) is 5.75 Å². The van der Waals surface area contributed by atoms with Crippen molar-refractivity contribution in [3.8, 4) is 5.75 Å². The van der Waals surface area contributed by atoms with Crippen molar-refractivity contribution in [1.82, 2.24) is 15.0 Å². The van der Waals surface area contributed by atoms with Gasteiger partial charge >= 0.3 is 5.97 Å². The van der Waals surface area contributed by atoms with E-state index in [-0.39, 0.29) is 0 Å². The third kappa shape index (κ3) is 2.76. The third-order valence-corrected chi connectivity index (χ3v) is 3.42. The molecule has 6 heteroatoms. The summed E-state index contributed by atoms with van der Waals surface area (Å²) in [4.78, 5) is 11.1. The molecule has 0 aliphatic heterocycles. The molecule has 0 aliphatic carbocycles. The quantitative estimate of drug-likeness (QED) is 0.783. The average Bonchev–Trinajstić information content (AvgIpc) is 2.96. The summed E-state index contributed by atoms with van der Waals surface area (Å²) in [5, 5.41) is 17.0. The van der Waals surface area contributed by atoms with Crippen LogP contribution >= 0.6 is 0 Å². The molecule has 0 bridgehead atoms. The number of rotatable bonds is 5. The van der Waals surface area contributed by atoms with Gasteiger partial charge in [0, 0.05) is 6.07 Å². The van der Waals surface area contributed by atoms with Gasteiger partial charge in [-0.1, -0.05) is 35.5 Å². The van der Waals surface area contributed by atoms with E-state index in [2.05, 4.69) is 10.3 Å². The predicted octanol–water partition coefficient (Wildman–Crippen LogP) is 2.66. The van der Waals surface area contributed by atoms with Crippen LogP contribution in [-0.2, 0) is 11.4 Å². The molecule has 1 N–H and O–H groups in total. The van der Waals surface area contributed by atoms with Gasteiger partial charge in [0.2, 0.25) is 0 Å². The largest absolute Gasteiger partial charge is 0.489 e. The van der Waals surface area contributed by atoms with Crippen molar-refractivity contribution < 1.29 is 14.6 Å². The predicted molar refractivity (Wildman–Crippen MR) is 80.6 cm³/mol. The number of benzene rings is 2. The zero-order valence-corrected chi connectivity index (χ0v) is 12.0. The fourth-order valence-electron chi connectivity index (χ4n) is 2.14. The highest BCUT2D eigenvalue weighted by atomic mass is 16.5. The molecule has 1 unspecified atom stereocenters. The Hall–Kier alpha value is -2.89. The Balaban J connectivity index is 1.85. The number of carboxylic acid groups (broad SMARTS) is 1. The molecular formula is C16H15N3O3. The van der Waals surface area contributed by atoms with Crippen LogP contribution in [-0.4, -0.2) is 26.1 Å². The van der Waals surface area contributed by atoms with E-state index >= 15 is 0 Å². The summed E-state index contributed by atoms with van der Waals surface area (Å²) in [5.74, 6) is -0.306. The Morgan fingerprint density at radius 1 is 1.27 bits per heavy atom. The van der Waals surface area contributed by atoms with Crippen LogP contribution in [0.1, 0.15) is 18.5 Å². The van der Waals surface area contributed by atoms with Crippen molar-refractivity contribution in [2.75, 3.05) is 0 Å². The number of carboxylic acids is 1. The van der Waals surface area contributed by atoms with Gasteiger partial charge < -0.3 is 9.84 Å². The summed E-state index contributed by atoms with van der Waals surface area (Å²) in [6.07, 6.45) is 0. The van der Waals surface area contributed by atoms with Crippen molar-refractivity contribution in [2.24, 2.45) is 0 Å². The number of hydrogen-bond acceptors (Lipinski definition) is 4. The van der Waals surface area contributed by atoms with Crippen molar-refractivity contribution >= 4 is 17.0 Å². The highest BCUT2D eigenvalue weighted by Gasteiger charge is 2.17. The Morgan fingerprint density at radius 3 is 2.77 bits per heavy atom. The maximum atomic E-state index is 11.1. The molecule has 1 heterocycles.